The number of ketones is 1. The maximum atomic E-state index is 12.5. The van der Waals surface area contributed by atoms with Gasteiger partial charge in [-0.05, 0) is 36.2 Å². The molecule has 0 aliphatic rings. The first-order valence-corrected chi connectivity index (χ1v) is 6.60. The molecule has 2 nitrogen and oxygen atoms in total. The molecule has 0 N–H and O–H groups in total. The fraction of sp³-hybridized carbons (Fsp3) is 0.200. The molecule has 1 atom stereocenters. The second-order valence-electron chi connectivity index (χ2n) is 4.28. The predicted octanol–water partition coefficient (Wildman–Crippen LogP) is 4.14. The average molecular weight is 304 g/mol. The lowest BCUT2D eigenvalue weighted by atomic mass is 9.91. The van der Waals surface area contributed by atoms with E-state index in [1.807, 2.05) is 44.2 Å². The quantitative estimate of drug-likeness (QED) is 0.798. The van der Waals surface area contributed by atoms with E-state index in [1.54, 1.807) is 12.4 Å². The summed E-state index contributed by atoms with van der Waals surface area (Å²) < 4.78 is 0.968. The van der Waals surface area contributed by atoms with Crippen LogP contribution in [0.4, 0.5) is 0 Å². The van der Waals surface area contributed by atoms with Gasteiger partial charge in [-0.15, -0.1) is 0 Å². The van der Waals surface area contributed by atoms with Crippen LogP contribution in [0.25, 0.3) is 0 Å². The minimum atomic E-state index is -0.152. The highest BCUT2D eigenvalue weighted by atomic mass is 79.9. The lowest BCUT2D eigenvalue weighted by Crippen LogP contribution is -2.11. The molecule has 1 aromatic carbocycles. The van der Waals surface area contributed by atoms with E-state index >= 15 is 0 Å². The van der Waals surface area contributed by atoms with Gasteiger partial charge in [0.2, 0.25) is 0 Å². The van der Waals surface area contributed by atoms with Gasteiger partial charge in [0.25, 0.3) is 0 Å². The molecular formula is C15H14BrNO. The van der Waals surface area contributed by atoms with E-state index in [1.165, 1.54) is 0 Å². The standard InChI is InChI=1S/C15H14BrNO/c1-10(12-6-8-17-9-7-12)15(18)13-4-3-5-14(16)11(13)2/h3-10H,1-2H3. The fourth-order valence-corrected chi connectivity index (χ4v) is 2.28. The van der Waals surface area contributed by atoms with Crippen molar-refractivity contribution in [2.75, 3.05) is 0 Å². The molecule has 3 heteroatoms. The van der Waals surface area contributed by atoms with Crippen molar-refractivity contribution >= 4 is 21.7 Å². The Labute approximate surface area is 115 Å². The molecule has 0 spiro atoms. The highest BCUT2D eigenvalue weighted by Gasteiger charge is 2.19. The van der Waals surface area contributed by atoms with Crippen LogP contribution in [-0.4, -0.2) is 10.8 Å². The van der Waals surface area contributed by atoms with Crippen molar-refractivity contribution in [1.29, 1.82) is 0 Å². The maximum Gasteiger partial charge on any atom is 0.170 e. The number of Topliss-reactive ketones (excluding diaryl/α,β-unsaturated/α-hetero) is 1. The Morgan fingerprint density at radius 3 is 2.56 bits per heavy atom. The molecule has 1 unspecified atom stereocenters. The van der Waals surface area contributed by atoms with Gasteiger partial charge in [0.05, 0.1) is 0 Å². The Morgan fingerprint density at radius 1 is 1.22 bits per heavy atom. The molecule has 1 aromatic heterocycles. The van der Waals surface area contributed by atoms with Gasteiger partial charge in [-0.3, -0.25) is 9.78 Å². The number of aromatic nitrogens is 1. The molecule has 0 saturated carbocycles. The average Bonchev–Trinajstić information content (AvgIpc) is 2.41. The Morgan fingerprint density at radius 2 is 1.89 bits per heavy atom. The first-order chi connectivity index (χ1) is 8.61. The molecule has 92 valence electrons. The minimum Gasteiger partial charge on any atom is -0.293 e. The molecule has 1 heterocycles. The third-order valence-electron chi connectivity index (χ3n) is 3.13. The first-order valence-electron chi connectivity index (χ1n) is 5.80. The van der Waals surface area contributed by atoms with Crippen molar-refractivity contribution in [3.8, 4) is 0 Å². The van der Waals surface area contributed by atoms with Gasteiger partial charge in [0.15, 0.2) is 5.78 Å². The van der Waals surface area contributed by atoms with E-state index in [0.29, 0.717) is 0 Å². The molecule has 0 aliphatic carbocycles. The van der Waals surface area contributed by atoms with E-state index < -0.39 is 0 Å². The van der Waals surface area contributed by atoms with Crippen LogP contribution in [0.1, 0.15) is 34.3 Å². The van der Waals surface area contributed by atoms with Gasteiger partial charge in [-0.2, -0.15) is 0 Å². The molecule has 18 heavy (non-hydrogen) atoms. The highest BCUT2D eigenvalue weighted by Crippen LogP contribution is 2.25. The number of halogens is 1. The number of carbonyl (C=O) groups excluding carboxylic acids is 1. The molecule has 0 fully saturated rings. The Balaban J connectivity index is 2.35. The van der Waals surface area contributed by atoms with Gasteiger partial charge >= 0.3 is 0 Å². The Bertz CT molecular complexity index is 566. The maximum absolute atomic E-state index is 12.5. The topological polar surface area (TPSA) is 30.0 Å². The van der Waals surface area contributed by atoms with Crippen LogP contribution < -0.4 is 0 Å². The summed E-state index contributed by atoms with van der Waals surface area (Å²) >= 11 is 3.46. The number of rotatable bonds is 3. The normalized spacial score (nSPS) is 12.2. The summed E-state index contributed by atoms with van der Waals surface area (Å²) in [5.41, 5.74) is 2.76. The van der Waals surface area contributed by atoms with Crippen molar-refractivity contribution in [1.82, 2.24) is 4.98 Å². The third kappa shape index (κ3) is 2.51. The van der Waals surface area contributed by atoms with Gasteiger partial charge < -0.3 is 0 Å². The van der Waals surface area contributed by atoms with Crippen molar-refractivity contribution in [2.45, 2.75) is 19.8 Å². The van der Waals surface area contributed by atoms with Crippen molar-refractivity contribution < 1.29 is 4.79 Å². The Kier molecular flexibility index (Phi) is 3.92. The molecule has 0 amide bonds. The molecule has 0 radical (unpaired) electrons. The van der Waals surface area contributed by atoms with Crippen LogP contribution in [0.2, 0.25) is 0 Å². The van der Waals surface area contributed by atoms with Crippen LogP contribution in [0.5, 0.6) is 0 Å². The van der Waals surface area contributed by atoms with Crippen LogP contribution in [0.15, 0.2) is 47.2 Å². The summed E-state index contributed by atoms with van der Waals surface area (Å²) in [6.45, 7) is 3.88. The van der Waals surface area contributed by atoms with Crippen molar-refractivity contribution in [2.24, 2.45) is 0 Å². The van der Waals surface area contributed by atoms with E-state index in [0.717, 1.165) is 21.2 Å². The van der Waals surface area contributed by atoms with Crippen molar-refractivity contribution in [3.63, 3.8) is 0 Å². The molecule has 0 saturated heterocycles. The minimum absolute atomic E-state index is 0.139. The summed E-state index contributed by atoms with van der Waals surface area (Å²) in [6, 6.07) is 9.48. The first kappa shape index (κ1) is 13.0. The van der Waals surface area contributed by atoms with Gasteiger partial charge in [-0.25, -0.2) is 0 Å². The summed E-state index contributed by atoms with van der Waals surface area (Å²) in [5.74, 6) is -0.0130. The van der Waals surface area contributed by atoms with E-state index in [9.17, 15) is 4.79 Å². The molecular weight excluding hydrogens is 290 g/mol. The monoisotopic (exact) mass is 303 g/mol. The molecule has 0 aliphatic heterocycles. The second-order valence-corrected chi connectivity index (χ2v) is 5.13. The highest BCUT2D eigenvalue weighted by molar-refractivity contribution is 9.10. The number of hydrogen-bond acceptors (Lipinski definition) is 2. The molecule has 2 rings (SSSR count). The summed E-state index contributed by atoms with van der Waals surface area (Å²) in [7, 11) is 0. The molecule has 0 bridgehead atoms. The van der Waals surface area contributed by atoms with Crippen LogP contribution >= 0.6 is 15.9 Å². The van der Waals surface area contributed by atoms with Crippen molar-refractivity contribution in [3.05, 3.63) is 63.9 Å². The predicted molar refractivity (Wildman–Crippen MR) is 75.9 cm³/mol. The number of pyridine rings is 1. The van der Waals surface area contributed by atoms with E-state index in [4.69, 9.17) is 0 Å². The second kappa shape index (κ2) is 5.44. The summed E-state index contributed by atoms with van der Waals surface area (Å²) in [6.07, 6.45) is 3.43. The number of benzene rings is 1. The lowest BCUT2D eigenvalue weighted by Gasteiger charge is -2.13. The zero-order chi connectivity index (χ0) is 13.1. The smallest absolute Gasteiger partial charge is 0.170 e. The third-order valence-corrected chi connectivity index (χ3v) is 3.99. The zero-order valence-electron chi connectivity index (χ0n) is 10.4. The van der Waals surface area contributed by atoms with E-state index in [-0.39, 0.29) is 11.7 Å². The lowest BCUT2D eigenvalue weighted by molar-refractivity contribution is 0.0965. The van der Waals surface area contributed by atoms with Crippen LogP contribution in [-0.2, 0) is 0 Å². The largest absolute Gasteiger partial charge is 0.293 e. The number of hydrogen-bond donors (Lipinski definition) is 0. The van der Waals surface area contributed by atoms with Gasteiger partial charge in [0.1, 0.15) is 0 Å². The van der Waals surface area contributed by atoms with Crippen LogP contribution in [0.3, 0.4) is 0 Å². The summed E-state index contributed by atoms with van der Waals surface area (Å²) in [5, 5.41) is 0. The Hall–Kier alpha value is -1.48. The van der Waals surface area contributed by atoms with Gasteiger partial charge in [-0.1, -0.05) is 35.0 Å². The zero-order valence-corrected chi connectivity index (χ0v) is 11.9. The van der Waals surface area contributed by atoms with E-state index in [2.05, 4.69) is 20.9 Å². The molecule has 2 aromatic rings. The number of carbonyl (C=O) groups is 1. The number of nitrogens with zero attached hydrogens (tertiary/aromatic N) is 1. The fourth-order valence-electron chi connectivity index (χ4n) is 1.91. The van der Waals surface area contributed by atoms with Crippen LogP contribution in [0, 0.1) is 6.92 Å². The SMILES string of the molecule is Cc1c(Br)cccc1C(=O)C(C)c1ccncc1. The van der Waals surface area contributed by atoms with Gasteiger partial charge in [0, 0.05) is 28.3 Å². The summed E-state index contributed by atoms with van der Waals surface area (Å²) in [4.78, 5) is 16.4.